The van der Waals surface area contributed by atoms with Crippen LogP contribution in [0.25, 0.3) is 0 Å². The maximum atomic E-state index is 12.4. The molecule has 0 spiro atoms. The standard InChI is InChI=1S/C25H34ClN3O.C4H6O6/c1-17(24(30)29-16-25(2,3)4)19-7-5-18(6-8-19)15-28-23-21-12-14-27-13-11-20(21)9-10-22(23)26;5-1(3(7)8)2(6)4(9)10/h5-10,17,27-28H,11-16H2,1-4H3,(H,29,30);1-2,5-6H,(H,7,8)(H,9,10)/t;1-,2-/m.1/s1. The van der Waals surface area contributed by atoms with Gasteiger partial charge in [-0.3, -0.25) is 4.79 Å². The molecule has 1 aliphatic heterocycles. The van der Waals surface area contributed by atoms with Gasteiger partial charge in [0.1, 0.15) is 0 Å². The molecule has 0 saturated heterocycles. The fourth-order valence-corrected chi connectivity index (χ4v) is 4.22. The van der Waals surface area contributed by atoms with Crippen molar-refractivity contribution in [1.29, 1.82) is 0 Å². The van der Waals surface area contributed by atoms with Crippen molar-refractivity contribution in [2.24, 2.45) is 5.41 Å². The van der Waals surface area contributed by atoms with Gasteiger partial charge in [-0.25, -0.2) is 9.59 Å². The molecular formula is C29H40ClN3O7. The molecule has 40 heavy (non-hydrogen) atoms. The monoisotopic (exact) mass is 577 g/mol. The molecule has 1 unspecified atom stereocenters. The van der Waals surface area contributed by atoms with Crippen LogP contribution in [0.4, 0.5) is 5.69 Å². The number of benzene rings is 2. The highest BCUT2D eigenvalue weighted by Gasteiger charge is 2.29. The van der Waals surface area contributed by atoms with E-state index < -0.39 is 24.1 Å². The zero-order chi connectivity index (χ0) is 30.0. The number of halogens is 1. The van der Waals surface area contributed by atoms with Crippen LogP contribution in [0.3, 0.4) is 0 Å². The number of fused-ring (bicyclic) bond motifs is 1. The van der Waals surface area contributed by atoms with E-state index in [1.165, 1.54) is 16.7 Å². The highest BCUT2D eigenvalue weighted by atomic mass is 35.5. The summed E-state index contributed by atoms with van der Waals surface area (Å²) in [6, 6.07) is 12.4. The lowest BCUT2D eigenvalue weighted by molar-refractivity contribution is -0.165. The minimum atomic E-state index is -2.27. The number of hydrogen-bond donors (Lipinski definition) is 7. The molecule has 10 nitrogen and oxygen atoms in total. The van der Waals surface area contributed by atoms with Crippen LogP contribution in [-0.4, -0.2) is 70.1 Å². The molecule has 0 radical (unpaired) electrons. The van der Waals surface area contributed by atoms with Gasteiger partial charge in [-0.2, -0.15) is 0 Å². The zero-order valence-electron chi connectivity index (χ0n) is 23.3. The van der Waals surface area contributed by atoms with Crippen molar-refractivity contribution in [1.82, 2.24) is 10.6 Å². The van der Waals surface area contributed by atoms with Gasteiger partial charge in [0.2, 0.25) is 5.91 Å². The zero-order valence-corrected chi connectivity index (χ0v) is 24.1. The predicted molar refractivity (Wildman–Crippen MR) is 154 cm³/mol. The van der Waals surface area contributed by atoms with E-state index in [0.29, 0.717) is 13.1 Å². The van der Waals surface area contributed by atoms with Gasteiger partial charge in [0.05, 0.1) is 16.6 Å². The summed E-state index contributed by atoms with van der Waals surface area (Å²) >= 11 is 6.52. The first-order valence-corrected chi connectivity index (χ1v) is 13.5. The Kier molecular flexibility index (Phi) is 12.4. The van der Waals surface area contributed by atoms with Crippen LogP contribution in [0.15, 0.2) is 36.4 Å². The molecule has 2 aromatic carbocycles. The second-order valence-corrected chi connectivity index (χ2v) is 11.4. The third-order valence-corrected chi connectivity index (χ3v) is 6.74. The van der Waals surface area contributed by atoms with Crippen LogP contribution in [-0.2, 0) is 33.8 Å². The molecule has 1 heterocycles. The number of amides is 1. The van der Waals surface area contributed by atoms with E-state index >= 15 is 0 Å². The normalized spacial score (nSPS) is 15.3. The van der Waals surface area contributed by atoms with E-state index in [1.807, 2.05) is 13.0 Å². The molecule has 0 bridgehead atoms. The van der Waals surface area contributed by atoms with Crippen molar-refractivity contribution in [3.63, 3.8) is 0 Å². The van der Waals surface area contributed by atoms with Crippen molar-refractivity contribution in [3.8, 4) is 0 Å². The van der Waals surface area contributed by atoms with Crippen molar-refractivity contribution in [3.05, 3.63) is 63.7 Å². The van der Waals surface area contributed by atoms with E-state index in [0.717, 1.165) is 42.2 Å². The lowest BCUT2D eigenvalue weighted by Gasteiger charge is -2.21. The minimum Gasteiger partial charge on any atom is -0.479 e. The van der Waals surface area contributed by atoms with E-state index in [4.69, 9.17) is 32.0 Å². The van der Waals surface area contributed by atoms with Gasteiger partial charge in [-0.15, -0.1) is 0 Å². The van der Waals surface area contributed by atoms with Crippen LogP contribution < -0.4 is 16.0 Å². The van der Waals surface area contributed by atoms with E-state index in [1.54, 1.807) is 0 Å². The molecule has 220 valence electrons. The number of hydrogen-bond acceptors (Lipinski definition) is 7. The Morgan fingerprint density at radius 1 is 0.950 bits per heavy atom. The Morgan fingerprint density at radius 2 is 1.52 bits per heavy atom. The van der Waals surface area contributed by atoms with Crippen LogP contribution in [0.1, 0.15) is 55.9 Å². The van der Waals surface area contributed by atoms with Crippen molar-refractivity contribution in [2.75, 3.05) is 25.0 Å². The van der Waals surface area contributed by atoms with Gasteiger partial charge in [0.15, 0.2) is 12.2 Å². The summed E-state index contributed by atoms with van der Waals surface area (Å²) < 4.78 is 0. The van der Waals surface area contributed by atoms with Gasteiger partial charge in [0, 0.05) is 13.1 Å². The molecule has 0 aromatic heterocycles. The fraction of sp³-hybridized carbons (Fsp3) is 0.483. The smallest absolute Gasteiger partial charge is 0.335 e. The predicted octanol–water partition coefficient (Wildman–Crippen LogP) is 2.78. The average molecular weight is 578 g/mol. The number of nitrogens with one attached hydrogen (secondary N) is 3. The van der Waals surface area contributed by atoms with Gasteiger partial charge in [0.25, 0.3) is 0 Å². The minimum absolute atomic E-state index is 0.0724. The first kappa shape index (κ1) is 33.0. The molecular weight excluding hydrogens is 538 g/mol. The lowest BCUT2D eigenvalue weighted by atomic mass is 9.95. The number of aliphatic hydroxyl groups is 2. The largest absolute Gasteiger partial charge is 0.479 e. The van der Waals surface area contributed by atoms with Gasteiger partial charge in [-0.05, 0) is 66.6 Å². The summed E-state index contributed by atoms with van der Waals surface area (Å²) in [5, 5.41) is 43.4. The Bertz CT molecular complexity index is 1150. The van der Waals surface area contributed by atoms with E-state index in [9.17, 15) is 14.4 Å². The number of carboxylic acids is 2. The van der Waals surface area contributed by atoms with E-state index in [-0.39, 0.29) is 17.2 Å². The first-order valence-electron chi connectivity index (χ1n) is 13.1. The summed E-state index contributed by atoms with van der Waals surface area (Å²) in [5.41, 5.74) is 6.03. The van der Waals surface area contributed by atoms with Crippen molar-refractivity contribution in [2.45, 2.75) is 65.2 Å². The van der Waals surface area contributed by atoms with Gasteiger partial charge >= 0.3 is 11.9 Å². The second kappa shape index (κ2) is 15.0. The number of aliphatic carboxylic acids is 2. The third-order valence-electron chi connectivity index (χ3n) is 6.42. The summed E-state index contributed by atoms with van der Waals surface area (Å²) in [5.74, 6) is -3.63. The second-order valence-electron chi connectivity index (χ2n) is 11.0. The lowest BCUT2D eigenvalue weighted by Crippen LogP contribution is -2.39. The maximum absolute atomic E-state index is 12.4. The molecule has 11 heteroatoms. The number of aliphatic hydroxyl groups excluding tert-OH is 2. The molecule has 0 aliphatic carbocycles. The highest BCUT2D eigenvalue weighted by Crippen LogP contribution is 2.31. The topological polar surface area (TPSA) is 168 Å². The van der Waals surface area contributed by atoms with Crippen LogP contribution >= 0.6 is 11.6 Å². The first-order chi connectivity index (χ1) is 18.7. The summed E-state index contributed by atoms with van der Waals surface area (Å²) in [6.07, 6.45) is -2.52. The molecule has 1 aliphatic rings. The van der Waals surface area contributed by atoms with E-state index in [2.05, 4.69) is 67.1 Å². The van der Waals surface area contributed by atoms with Crippen LogP contribution in [0.5, 0.6) is 0 Å². The molecule has 0 fully saturated rings. The number of carbonyl (C=O) groups is 3. The molecule has 7 N–H and O–H groups in total. The molecule has 2 aromatic rings. The number of carbonyl (C=O) groups excluding carboxylic acids is 1. The quantitative estimate of drug-likeness (QED) is 0.237. The van der Waals surface area contributed by atoms with Crippen LogP contribution in [0.2, 0.25) is 5.02 Å². The number of anilines is 1. The Balaban J connectivity index is 0.000000478. The van der Waals surface area contributed by atoms with Crippen molar-refractivity contribution >= 4 is 35.1 Å². The molecule has 3 atom stereocenters. The number of carboxylic acid groups (broad SMARTS) is 2. The average Bonchev–Trinajstić information content (AvgIpc) is 3.15. The van der Waals surface area contributed by atoms with Crippen molar-refractivity contribution < 1.29 is 34.8 Å². The molecule has 0 saturated carbocycles. The Labute approximate surface area is 239 Å². The Morgan fingerprint density at radius 3 is 2.08 bits per heavy atom. The number of rotatable bonds is 9. The SMILES string of the molecule is CC(C(=O)NCC(C)(C)C)c1ccc(CNc2c(Cl)ccc3c2CCNCC3)cc1.O=C(O)[C@H](O)[C@@H](O)C(=O)O. The summed E-state index contributed by atoms with van der Waals surface area (Å²) in [7, 11) is 0. The highest BCUT2D eigenvalue weighted by molar-refractivity contribution is 6.33. The molecule has 1 amide bonds. The van der Waals surface area contributed by atoms with Crippen LogP contribution in [0, 0.1) is 5.41 Å². The third kappa shape index (κ3) is 10.1. The van der Waals surface area contributed by atoms with Gasteiger partial charge in [-0.1, -0.05) is 62.7 Å². The molecule has 3 rings (SSSR count). The maximum Gasteiger partial charge on any atom is 0.335 e. The summed E-state index contributed by atoms with van der Waals surface area (Å²) in [6.45, 7) is 11.7. The summed E-state index contributed by atoms with van der Waals surface area (Å²) in [4.78, 5) is 32.0. The Hall–Kier alpha value is -3.18. The fourth-order valence-electron chi connectivity index (χ4n) is 3.98. The van der Waals surface area contributed by atoms with Gasteiger partial charge < -0.3 is 36.4 Å².